The minimum Gasteiger partial charge on any atom is -0.346 e. The third-order valence-corrected chi connectivity index (χ3v) is 5.46. The first-order valence-electron chi connectivity index (χ1n) is 10.8. The molecule has 0 aliphatic carbocycles. The van der Waals surface area contributed by atoms with Crippen LogP contribution in [0.1, 0.15) is 53.7 Å². The fraction of sp³-hybridized carbons (Fsp3) is 0.333. The van der Waals surface area contributed by atoms with Crippen molar-refractivity contribution in [3.05, 3.63) is 70.8 Å². The van der Waals surface area contributed by atoms with Crippen LogP contribution in [0, 0.1) is 0 Å². The van der Waals surface area contributed by atoms with E-state index in [4.69, 9.17) is 0 Å². The van der Waals surface area contributed by atoms with Crippen molar-refractivity contribution in [2.75, 3.05) is 0 Å². The first kappa shape index (κ1) is 24.0. The van der Waals surface area contributed by atoms with Crippen LogP contribution >= 0.6 is 0 Å². The van der Waals surface area contributed by atoms with Gasteiger partial charge in [-0.3, -0.25) is 24.5 Å². The molecule has 0 bridgehead atoms. The number of halogens is 2. The number of hydrogen-bond donors (Lipinski definition) is 2. The Labute approximate surface area is 190 Å². The lowest BCUT2D eigenvalue weighted by atomic mass is 10.0. The molecule has 2 aliphatic rings. The number of piperidine rings is 1. The van der Waals surface area contributed by atoms with Gasteiger partial charge in [0.25, 0.3) is 11.8 Å². The van der Waals surface area contributed by atoms with Crippen LogP contribution in [0.5, 0.6) is 0 Å². The Morgan fingerprint density at radius 1 is 1.12 bits per heavy atom. The highest BCUT2D eigenvalue weighted by molar-refractivity contribution is 6.05. The molecule has 7 nitrogen and oxygen atoms in total. The van der Waals surface area contributed by atoms with Crippen molar-refractivity contribution >= 4 is 23.6 Å². The summed E-state index contributed by atoms with van der Waals surface area (Å²) in [6.07, 6.45) is 0.408. The van der Waals surface area contributed by atoms with Crippen molar-refractivity contribution in [2.45, 2.75) is 51.7 Å². The molecule has 174 valence electrons. The molecular formula is C24H25F2N3O4. The third kappa shape index (κ3) is 4.92. The van der Waals surface area contributed by atoms with Gasteiger partial charge in [-0.2, -0.15) is 8.78 Å². The fourth-order valence-corrected chi connectivity index (χ4v) is 3.81. The van der Waals surface area contributed by atoms with Gasteiger partial charge in [0.15, 0.2) is 0 Å². The zero-order valence-electron chi connectivity index (χ0n) is 18.4. The van der Waals surface area contributed by atoms with E-state index in [0.29, 0.717) is 16.7 Å². The average Bonchev–Trinajstić information content (AvgIpc) is 3.14. The lowest BCUT2D eigenvalue weighted by molar-refractivity contribution is -0.147. The second-order valence-corrected chi connectivity index (χ2v) is 7.51. The van der Waals surface area contributed by atoms with E-state index in [0.717, 1.165) is 0 Å². The highest BCUT2D eigenvalue weighted by Crippen LogP contribution is 2.29. The zero-order chi connectivity index (χ0) is 24.2. The Morgan fingerprint density at radius 3 is 2.48 bits per heavy atom. The largest absolute Gasteiger partial charge is 0.349 e. The first-order valence-corrected chi connectivity index (χ1v) is 10.8. The van der Waals surface area contributed by atoms with Crippen LogP contribution in [0.25, 0.3) is 0 Å². The number of benzene rings is 2. The lowest BCUT2D eigenvalue weighted by Crippen LogP contribution is -2.52. The molecule has 0 saturated carbocycles. The second-order valence-electron chi connectivity index (χ2n) is 7.51. The maximum absolute atomic E-state index is 14.3. The molecule has 2 aromatic rings. The lowest BCUT2D eigenvalue weighted by Gasteiger charge is -2.29. The van der Waals surface area contributed by atoms with Crippen molar-refractivity contribution in [1.29, 1.82) is 0 Å². The van der Waals surface area contributed by atoms with E-state index in [2.05, 4.69) is 10.6 Å². The molecule has 2 aliphatic heterocycles. The van der Waals surface area contributed by atoms with E-state index in [1.807, 2.05) is 13.8 Å². The minimum atomic E-state index is -3.67. The van der Waals surface area contributed by atoms with Gasteiger partial charge in [-0.05, 0) is 23.6 Å². The van der Waals surface area contributed by atoms with Crippen molar-refractivity contribution in [3.63, 3.8) is 0 Å². The number of imide groups is 1. The van der Waals surface area contributed by atoms with Gasteiger partial charge in [0.1, 0.15) is 6.04 Å². The summed E-state index contributed by atoms with van der Waals surface area (Å²) >= 11 is 0. The second kappa shape index (κ2) is 9.89. The molecule has 1 saturated heterocycles. The monoisotopic (exact) mass is 457 g/mol. The van der Waals surface area contributed by atoms with E-state index in [9.17, 15) is 28.0 Å². The number of rotatable bonds is 5. The van der Waals surface area contributed by atoms with Crippen molar-refractivity contribution in [3.8, 4) is 0 Å². The molecule has 0 radical (unpaired) electrons. The zero-order valence-corrected chi connectivity index (χ0v) is 18.4. The molecule has 1 fully saturated rings. The number of hydrogen-bond acceptors (Lipinski definition) is 4. The average molecular weight is 457 g/mol. The molecule has 4 rings (SSSR count). The number of nitrogens with zero attached hydrogens (tertiary/aromatic N) is 1. The summed E-state index contributed by atoms with van der Waals surface area (Å²) < 4.78 is 28.6. The summed E-state index contributed by atoms with van der Waals surface area (Å²) in [4.78, 5) is 49.6. The molecule has 1 unspecified atom stereocenters. The van der Waals surface area contributed by atoms with Gasteiger partial charge in [0, 0.05) is 30.6 Å². The van der Waals surface area contributed by atoms with E-state index in [1.165, 1.54) is 29.2 Å². The van der Waals surface area contributed by atoms with E-state index >= 15 is 0 Å². The van der Waals surface area contributed by atoms with Gasteiger partial charge in [-0.25, -0.2) is 0 Å². The summed E-state index contributed by atoms with van der Waals surface area (Å²) in [6, 6.07) is 10.9. The summed E-state index contributed by atoms with van der Waals surface area (Å²) in [5.74, 6) is -6.28. The molecule has 9 heteroatoms. The van der Waals surface area contributed by atoms with E-state index in [-0.39, 0.29) is 37.7 Å². The maximum atomic E-state index is 14.3. The molecule has 33 heavy (non-hydrogen) atoms. The van der Waals surface area contributed by atoms with Crippen molar-refractivity contribution in [2.24, 2.45) is 0 Å². The van der Waals surface area contributed by atoms with E-state index in [1.54, 1.807) is 24.3 Å². The number of alkyl halides is 2. The van der Waals surface area contributed by atoms with E-state index < -0.39 is 29.3 Å². The molecule has 4 amide bonds. The van der Waals surface area contributed by atoms with Crippen LogP contribution in [0.3, 0.4) is 0 Å². The number of carbonyl (C=O) groups is 4. The van der Waals surface area contributed by atoms with Crippen LogP contribution in [-0.4, -0.2) is 34.6 Å². The molecule has 1 atom stereocenters. The number of carbonyl (C=O) groups excluding carboxylic acids is 4. The predicted molar refractivity (Wildman–Crippen MR) is 116 cm³/mol. The normalized spacial score (nSPS) is 17.6. The highest BCUT2D eigenvalue weighted by Gasteiger charge is 2.41. The maximum Gasteiger partial charge on any atom is 0.349 e. The van der Waals surface area contributed by atoms with Crippen LogP contribution in [-0.2, 0) is 33.4 Å². The number of amides is 4. The summed E-state index contributed by atoms with van der Waals surface area (Å²) in [7, 11) is 0. The minimum absolute atomic E-state index is 0.138. The topological polar surface area (TPSA) is 95.6 Å². The Kier molecular flexibility index (Phi) is 7.20. The number of fused-ring (bicyclic) bond motifs is 1. The Hall–Kier alpha value is -3.62. The standard InChI is InChI=1S/C22H19F2N3O4.C2H6/c23-22(24,15-4-2-1-3-5-15)21(31)25-11-13-6-7-16-14(10-13)12-27(20(16)30)17-8-9-18(28)26-19(17)29;1-2/h1-7,10,17H,8-9,11-12H2,(H,25,31)(H,26,28,29);1-2H3. The third-order valence-electron chi connectivity index (χ3n) is 5.46. The summed E-state index contributed by atoms with van der Waals surface area (Å²) in [5.41, 5.74) is 1.20. The Balaban J connectivity index is 0.00000149. The molecule has 2 heterocycles. The molecular weight excluding hydrogens is 432 g/mol. The Bertz CT molecular complexity index is 1070. The van der Waals surface area contributed by atoms with Crippen LogP contribution < -0.4 is 10.6 Å². The summed E-state index contributed by atoms with van der Waals surface area (Å²) in [5, 5.41) is 4.47. The number of nitrogens with one attached hydrogen (secondary N) is 2. The van der Waals surface area contributed by atoms with Crippen LogP contribution in [0.15, 0.2) is 48.5 Å². The van der Waals surface area contributed by atoms with Gasteiger partial charge < -0.3 is 10.2 Å². The summed E-state index contributed by atoms with van der Waals surface area (Å²) in [6.45, 7) is 4.03. The highest BCUT2D eigenvalue weighted by atomic mass is 19.3. The van der Waals surface area contributed by atoms with Gasteiger partial charge in [-0.1, -0.05) is 56.3 Å². The van der Waals surface area contributed by atoms with Crippen LogP contribution in [0.2, 0.25) is 0 Å². The van der Waals surface area contributed by atoms with Gasteiger partial charge in [0.2, 0.25) is 11.8 Å². The molecule has 2 aromatic carbocycles. The van der Waals surface area contributed by atoms with Gasteiger partial charge in [0.05, 0.1) is 0 Å². The van der Waals surface area contributed by atoms with Crippen LogP contribution in [0.4, 0.5) is 8.78 Å². The fourth-order valence-electron chi connectivity index (χ4n) is 3.81. The molecule has 0 aromatic heterocycles. The smallest absolute Gasteiger partial charge is 0.346 e. The Morgan fingerprint density at radius 2 is 1.82 bits per heavy atom. The molecule has 2 N–H and O–H groups in total. The van der Waals surface area contributed by atoms with Crippen molar-refractivity contribution in [1.82, 2.24) is 15.5 Å². The van der Waals surface area contributed by atoms with Gasteiger partial charge in [-0.15, -0.1) is 0 Å². The van der Waals surface area contributed by atoms with Gasteiger partial charge >= 0.3 is 5.92 Å². The quantitative estimate of drug-likeness (QED) is 0.675. The molecule has 0 spiro atoms. The van der Waals surface area contributed by atoms with Crippen molar-refractivity contribution < 1.29 is 28.0 Å². The first-order chi connectivity index (χ1) is 15.8. The predicted octanol–water partition coefficient (Wildman–Crippen LogP) is 2.88. The SMILES string of the molecule is CC.O=C1CCC(N2Cc3cc(CNC(=O)C(F)(F)c4ccccc4)ccc3C2=O)C(=O)N1.